The van der Waals surface area contributed by atoms with Gasteiger partial charge in [-0.1, -0.05) is 6.08 Å². The van der Waals surface area contributed by atoms with Crippen LogP contribution in [0.25, 0.3) is 0 Å². The zero-order chi connectivity index (χ0) is 11.5. The summed E-state index contributed by atoms with van der Waals surface area (Å²) in [6, 6.07) is 0.250. The van der Waals surface area contributed by atoms with Gasteiger partial charge in [-0.15, -0.1) is 0 Å². The second-order valence-electron chi connectivity index (χ2n) is 3.63. The van der Waals surface area contributed by atoms with Gasteiger partial charge in [0.15, 0.2) is 6.23 Å². The Balaban J connectivity index is 2.16. The summed E-state index contributed by atoms with van der Waals surface area (Å²) < 4.78 is 11.1. The number of aliphatic imine (C=N–C) groups is 1. The van der Waals surface area contributed by atoms with E-state index in [4.69, 9.17) is 14.6 Å². The predicted octanol–water partition coefficient (Wildman–Crippen LogP) is -0.159. The SMILES string of the molecule is C/C=C\N1C(=NC=O)OC2CC(CO)OC21. The van der Waals surface area contributed by atoms with Crippen molar-refractivity contribution in [1.82, 2.24) is 4.90 Å². The number of amides is 1. The first-order valence-electron chi connectivity index (χ1n) is 5.15. The molecular formula is C10H14N2O4. The van der Waals surface area contributed by atoms with Crippen molar-refractivity contribution < 1.29 is 19.4 Å². The van der Waals surface area contributed by atoms with Crippen LogP contribution in [0.3, 0.4) is 0 Å². The molecule has 2 rings (SSSR count). The van der Waals surface area contributed by atoms with Crippen molar-refractivity contribution in [2.45, 2.75) is 31.8 Å². The number of rotatable bonds is 3. The molecule has 2 aliphatic heterocycles. The summed E-state index contributed by atoms with van der Waals surface area (Å²) in [5.74, 6) is 0. The number of ether oxygens (including phenoxy) is 2. The molecule has 0 aromatic rings. The summed E-state index contributed by atoms with van der Waals surface area (Å²) >= 11 is 0. The van der Waals surface area contributed by atoms with Crippen molar-refractivity contribution in [1.29, 1.82) is 0 Å². The smallest absolute Gasteiger partial charge is 0.301 e. The largest absolute Gasteiger partial charge is 0.456 e. The molecule has 16 heavy (non-hydrogen) atoms. The van der Waals surface area contributed by atoms with E-state index in [0.29, 0.717) is 12.8 Å². The van der Waals surface area contributed by atoms with Crippen molar-refractivity contribution in [3.8, 4) is 0 Å². The maximum absolute atomic E-state index is 10.4. The van der Waals surface area contributed by atoms with Gasteiger partial charge in [-0.25, -0.2) is 0 Å². The van der Waals surface area contributed by atoms with E-state index in [-0.39, 0.29) is 31.1 Å². The highest BCUT2D eigenvalue weighted by Crippen LogP contribution is 2.32. The van der Waals surface area contributed by atoms with E-state index < -0.39 is 0 Å². The molecule has 3 atom stereocenters. The van der Waals surface area contributed by atoms with Crippen molar-refractivity contribution in [3.63, 3.8) is 0 Å². The highest BCUT2D eigenvalue weighted by molar-refractivity contribution is 5.83. The van der Waals surface area contributed by atoms with Crippen LogP contribution >= 0.6 is 0 Å². The van der Waals surface area contributed by atoms with E-state index in [1.165, 1.54) is 0 Å². The van der Waals surface area contributed by atoms with Crippen LogP contribution in [0.15, 0.2) is 17.3 Å². The van der Waals surface area contributed by atoms with Crippen LogP contribution in [-0.2, 0) is 14.3 Å². The summed E-state index contributed by atoms with van der Waals surface area (Å²) in [6.07, 6.45) is 3.91. The van der Waals surface area contributed by atoms with E-state index in [0.717, 1.165) is 0 Å². The summed E-state index contributed by atoms with van der Waals surface area (Å²) in [5, 5.41) is 9.00. The fourth-order valence-corrected chi connectivity index (χ4v) is 1.94. The minimum absolute atomic E-state index is 0.0276. The molecule has 6 nitrogen and oxygen atoms in total. The average Bonchev–Trinajstić information content (AvgIpc) is 2.79. The van der Waals surface area contributed by atoms with E-state index in [2.05, 4.69) is 4.99 Å². The number of carbonyl (C=O) groups excluding carboxylic acids is 1. The van der Waals surface area contributed by atoms with Gasteiger partial charge in [0.2, 0.25) is 6.41 Å². The van der Waals surface area contributed by atoms with Crippen molar-refractivity contribution in [2.24, 2.45) is 4.99 Å². The van der Waals surface area contributed by atoms with Crippen LogP contribution in [0.2, 0.25) is 0 Å². The van der Waals surface area contributed by atoms with Crippen LogP contribution in [0, 0.1) is 0 Å². The normalized spacial score (nSPS) is 35.8. The monoisotopic (exact) mass is 226 g/mol. The third kappa shape index (κ3) is 1.81. The Morgan fingerprint density at radius 3 is 3.12 bits per heavy atom. The molecule has 1 N–H and O–H groups in total. The lowest BCUT2D eigenvalue weighted by molar-refractivity contribution is -0.106. The van der Waals surface area contributed by atoms with Crippen LogP contribution in [-0.4, -0.2) is 47.5 Å². The molecule has 1 amide bonds. The standard InChI is InChI=1S/C10H14N2O4/c1-2-3-12-9-8(4-7(5-13)15-9)16-10(12)11-6-14/h2-3,6-9,13H,4-5H2,1H3/b3-2-,11-10?. The molecule has 2 fully saturated rings. The molecule has 0 aliphatic carbocycles. The summed E-state index contributed by atoms with van der Waals surface area (Å²) in [7, 11) is 0. The van der Waals surface area contributed by atoms with Gasteiger partial charge >= 0.3 is 6.02 Å². The Kier molecular flexibility index (Phi) is 3.21. The minimum Gasteiger partial charge on any atom is -0.456 e. The fourth-order valence-electron chi connectivity index (χ4n) is 1.94. The molecule has 0 aromatic heterocycles. The fraction of sp³-hybridized carbons (Fsp3) is 0.600. The second kappa shape index (κ2) is 4.63. The number of allylic oxidation sites excluding steroid dienone is 1. The number of aliphatic hydroxyl groups excluding tert-OH is 1. The van der Waals surface area contributed by atoms with Crippen molar-refractivity contribution in [3.05, 3.63) is 12.3 Å². The minimum atomic E-state index is -0.299. The second-order valence-corrected chi connectivity index (χ2v) is 3.63. The topological polar surface area (TPSA) is 71.4 Å². The lowest BCUT2D eigenvalue weighted by Gasteiger charge is -2.18. The molecule has 0 bridgehead atoms. The Bertz CT molecular complexity index is 329. The molecular weight excluding hydrogens is 212 g/mol. The maximum Gasteiger partial charge on any atom is 0.301 e. The molecule has 0 saturated carbocycles. The lowest BCUT2D eigenvalue weighted by atomic mass is 10.2. The Labute approximate surface area is 93.2 Å². The Hall–Kier alpha value is -1.40. The summed E-state index contributed by atoms with van der Waals surface area (Å²) in [6.45, 7) is 1.82. The first-order valence-corrected chi connectivity index (χ1v) is 5.15. The van der Waals surface area contributed by atoms with Gasteiger partial charge in [-0.3, -0.25) is 9.69 Å². The van der Waals surface area contributed by atoms with Crippen LogP contribution in [0.5, 0.6) is 0 Å². The van der Waals surface area contributed by atoms with Crippen LogP contribution in [0.1, 0.15) is 13.3 Å². The number of amidine groups is 1. The lowest BCUT2D eigenvalue weighted by Crippen LogP contribution is -2.32. The highest BCUT2D eigenvalue weighted by Gasteiger charge is 2.47. The zero-order valence-electron chi connectivity index (χ0n) is 8.94. The molecule has 3 unspecified atom stereocenters. The van der Waals surface area contributed by atoms with Gasteiger partial charge < -0.3 is 14.6 Å². The van der Waals surface area contributed by atoms with Gasteiger partial charge in [-0.2, -0.15) is 4.99 Å². The van der Waals surface area contributed by atoms with Gasteiger partial charge in [0.25, 0.3) is 0 Å². The number of fused-ring (bicyclic) bond motifs is 1. The zero-order valence-corrected chi connectivity index (χ0v) is 8.94. The Morgan fingerprint density at radius 1 is 1.69 bits per heavy atom. The van der Waals surface area contributed by atoms with Crippen LogP contribution < -0.4 is 0 Å². The molecule has 6 heteroatoms. The van der Waals surface area contributed by atoms with E-state index in [9.17, 15) is 4.79 Å². The predicted molar refractivity (Wildman–Crippen MR) is 55.4 cm³/mol. The number of hydrogen-bond acceptors (Lipinski definition) is 4. The average molecular weight is 226 g/mol. The van der Waals surface area contributed by atoms with Gasteiger partial charge in [0.05, 0.1) is 12.7 Å². The van der Waals surface area contributed by atoms with Crippen molar-refractivity contribution in [2.75, 3.05) is 6.61 Å². The number of hydrogen-bond donors (Lipinski definition) is 1. The summed E-state index contributed by atoms with van der Waals surface area (Å²) in [5.41, 5.74) is 0. The van der Waals surface area contributed by atoms with Gasteiger partial charge in [-0.05, 0) is 6.92 Å². The quantitative estimate of drug-likeness (QED) is 0.677. The molecule has 2 aliphatic rings. The molecule has 0 spiro atoms. The van der Waals surface area contributed by atoms with Crippen molar-refractivity contribution >= 4 is 12.4 Å². The van der Waals surface area contributed by atoms with Crippen LogP contribution in [0.4, 0.5) is 0 Å². The number of aliphatic hydroxyl groups is 1. The molecule has 88 valence electrons. The Morgan fingerprint density at radius 2 is 2.50 bits per heavy atom. The molecule has 2 heterocycles. The number of carbonyl (C=O) groups is 1. The van der Waals surface area contributed by atoms with E-state index in [1.54, 1.807) is 11.1 Å². The molecule has 0 radical (unpaired) electrons. The first-order chi connectivity index (χ1) is 7.80. The molecule has 0 aromatic carbocycles. The number of nitrogens with zero attached hydrogens (tertiary/aromatic N) is 2. The van der Waals surface area contributed by atoms with E-state index in [1.807, 2.05) is 13.0 Å². The third-order valence-electron chi connectivity index (χ3n) is 2.57. The maximum atomic E-state index is 10.4. The van der Waals surface area contributed by atoms with E-state index >= 15 is 0 Å². The molecule has 2 saturated heterocycles. The highest BCUT2D eigenvalue weighted by atomic mass is 16.6. The van der Waals surface area contributed by atoms with Gasteiger partial charge in [0.1, 0.15) is 6.10 Å². The van der Waals surface area contributed by atoms with Gasteiger partial charge in [0, 0.05) is 12.6 Å². The summed E-state index contributed by atoms with van der Waals surface area (Å²) in [4.78, 5) is 15.6. The first kappa shape index (κ1) is 11.1. The third-order valence-corrected chi connectivity index (χ3v) is 2.57.